The number of fused-ring (bicyclic) bond motifs is 3. The number of rotatable bonds is 11. The second-order valence-electron chi connectivity index (χ2n) is 9.28. The fourth-order valence-electron chi connectivity index (χ4n) is 4.38. The molecule has 36 heavy (non-hydrogen) atoms. The van der Waals surface area contributed by atoms with Gasteiger partial charge in [0, 0.05) is 42.0 Å². The number of halogens is 2. The molecular weight excluding hydrogens is 480 g/mol. The van der Waals surface area contributed by atoms with Crippen LogP contribution in [0.2, 0.25) is 0 Å². The van der Waals surface area contributed by atoms with Crippen LogP contribution in [0.1, 0.15) is 49.0 Å². The number of imidazole rings is 1. The van der Waals surface area contributed by atoms with Crippen molar-refractivity contribution in [3.05, 3.63) is 59.3 Å². The van der Waals surface area contributed by atoms with Gasteiger partial charge < -0.3 is 15.5 Å². The molecule has 0 radical (unpaired) electrons. The minimum absolute atomic E-state index is 0.100. The maximum atomic E-state index is 14.9. The highest BCUT2D eigenvalue weighted by molar-refractivity contribution is 7.23. The molecule has 0 atom stereocenters. The lowest BCUT2D eigenvalue weighted by Crippen LogP contribution is -2.29. The maximum absolute atomic E-state index is 14.9. The molecule has 6 nitrogen and oxygen atoms in total. The highest BCUT2D eigenvalue weighted by Gasteiger charge is 2.22. The monoisotopic (exact) mass is 511 g/mol. The molecule has 0 aliphatic heterocycles. The minimum Gasteiger partial charge on any atom is -0.352 e. The van der Waals surface area contributed by atoms with E-state index in [1.807, 2.05) is 16.5 Å². The van der Waals surface area contributed by atoms with Crippen molar-refractivity contribution in [3.8, 4) is 11.3 Å². The molecule has 1 fully saturated rings. The predicted molar refractivity (Wildman–Crippen MR) is 141 cm³/mol. The standard InChI is InChI=1S/C27H31F2N5OS/c1-3-33(4-2)11-5-10-30-26(35)17-6-9-24-25(13-17)36-27-32-23(16-34(24)27)20-14-21(28)18(12-22(20)29)15-31-19-7-8-19/h6,9,12-14,16,19,31H,3-5,7-8,10-11,15H2,1-2H3,(H,30,35). The lowest BCUT2D eigenvalue weighted by Gasteiger charge is -2.17. The maximum Gasteiger partial charge on any atom is 0.251 e. The van der Waals surface area contributed by atoms with Crippen LogP contribution in [0.4, 0.5) is 8.78 Å². The second-order valence-corrected chi connectivity index (χ2v) is 10.3. The molecule has 0 bridgehead atoms. The van der Waals surface area contributed by atoms with Crippen LogP contribution in [0, 0.1) is 11.6 Å². The van der Waals surface area contributed by atoms with Crippen molar-refractivity contribution in [3.63, 3.8) is 0 Å². The fourth-order valence-corrected chi connectivity index (χ4v) is 5.43. The molecule has 2 heterocycles. The van der Waals surface area contributed by atoms with Gasteiger partial charge in [-0.1, -0.05) is 25.2 Å². The van der Waals surface area contributed by atoms with E-state index in [0.717, 1.165) is 49.1 Å². The van der Waals surface area contributed by atoms with Gasteiger partial charge in [0.15, 0.2) is 4.96 Å². The number of thiazole rings is 1. The highest BCUT2D eigenvalue weighted by atomic mass is 32.1. The third-order valence-electron chi connectivity index (χ3n) is 6.76. The smallest absolute Gasteiger partial charge is 0.251 e. The topological polar surface area (TPSA) is 61.7 Å². The Morgan fingerprint density at radius 3 is 2.72 bits per heavy atom. The molecule has 1 aliphatic carbocycles. The Morgan fingerprint density at radius 1 is 1.17 bits per heavy atom. The molecule has 0 spiro atoms. The number of hydrogen-bond donors (Lipinski definition) is 2. The predicted octanol–water partition coefficient (Wildman–Crippen LogP) is 5.21. The van der Waals surface area contributed by atoms with Crippen LogP contribution < -0.4 is 10.6 Å². The number of benzene rings is 2. The SMILES string of the molecule is CCN(CC)CCCNC(=O)c1ccc2c(c1)sc1nc(-c3cc(F)c(CNC4CC4)cc3F)cn12. The average Bonchev–Trinajstić information content (AvgIpc) is 3.52. The van der Waals surface area contributed by atoms with E-state index in [1.54, 1.807) is 12.3 Å². The van der Waals surface area contributed by atoms with Crippen molar-refractivity contribution in [1.82, 2.24) is 24.9 Å². The van der Waals surface area contributed by atoms with Gasteiger partial charge in [-0.25, -0.2) is 13.8 Å². The minimum atomic E-state index is -0.487. The highest BCUT2D eigenvalue weighted by Crippen LogP contribution is 2.32. The third kappa shape index (κ3) is 5.28. The Bertz CT molecular complexity index is 1390. The van der Waals surface area contributed by atoms with Crippen LogP contribution in [0.25, 0.3) is 26.4 Å². The summed E-state index contributed by atoms with van der Waals surface area (Å²) in [6.45, 7) is 8.20. The van der Waals surface area contributed by atoms with E-state index in [2.05, 4.69) is 34.4 Å². The molecule has 1 amide bonds. The first kappa shape index (κ1) is 24.8. The van der Waals surface area contributed by atoms with Crippen LogP contribution in [-0.4, -0.2) is 52.4 Å². The van der Waals surface area contributed by atoms with Gasteiger partial charge in [-0.2, -0.15) is 0 Å². The van der Waals surface area contributed by atoms with Crippen LogP contribution in [0.15, 0.2) is 36.5 Å². The number of hydrogen-bond acceptors (Lipinski definition) is 5. The molecule has 2 aromatic heterocycles. The summed E-state index contributed by atoms with van der Waals surface area (Å²) in [5.41, 5.74) is 2.33. The fraction of sp³-hybridized carbons (Fsp3) is 0.407. The van der Waals surface area contributed by atoms with Crippen LogP contribution in [0.3, 0.4) is 0 Å². The van der Waals surface area contributed by atoms with E-state index in [1.165, 1.54) is 23.5 Å². The van der Waals surface area contributed by atoms with E-state index in [9.17, 15) is 13.6 Å². The van der Waals surface area contributed by atoms with Gasteiger partial charge >= 0.3 is 0 Å². The Balaban J connectivity index is 1.30. The summed E-state index contributed by atoms with van der Waals surface area (Å²) in [5, 5.41) is 6.21. The molecule has 0 unspecified atom stereocenters. The average molecular weight is 512 g/mol. The van der Waals surface area contributed by atoms with Gasteiger partial charge in [0.1, 0.15) is 11.6 Å². The Hall–Kier alpha value is -2.88. The van der Waals surface area contributed by atoms with Gasteiger partial charge in [0.25, 0.3) is 5.91 Å². The number of nitrogens with one attached hydrogen (secondary N) is 2. The molecule has 1 aliphatic rings. The molecule has 9 heteroatoms. The van der Waals surface area contributed by atoms with Crippen molar-refractivity contribution in [2.24, 2.45) is 0 Å². The number of carbonyl (C=O) groups is 1. The van der Waals surface area contributed by atoms with Crippen LogP contribution in [0.5, 0.6) is 0 Å². The molecule has 1 saturated carbocycles. The van der Waals surface area contributed by atoms with Crippen LogP contribution in [-0.2, 0) is 6.54 Å². The molecule has 4 aromatic rings. The molecule has 2 aromatic carbocycles. The number of carbonyl (C=O) groups excluding carboxylic acids is 1. The van der Waals surface area contributed by atoms with E-state index < -0.39 is 11.6 Å². The van der Waals surface area contributed by atoms with Gasteiger partial charge in [-0.3, -0.25) is 9.20 Å². The van der Waals surface area contributed by atoms with Gasteiger partial charge in [0.2, 0.25) is 0 Å². The van der Waals surface area contributed by atoms with Gasteiger partial charge in [-0.05, 0) is 69.2 Å². The van der Waals surface area contributed by atoms with Crippen molar-refractivity contribution in [1.29, 1.82) is 0 Å². The normalized spacial score (nSPS) is 13.8. The van der Waals surface area contributed by atoms with Gasteiger partial charge in [-0.15, -0.1) is 0 Å². The lowest BCUT2D eigenvalue weighted by atomic mass is 10.1. The molecule has 2 N–H and O–H groups in total. The summed E-state index contributed by atoms with van der Waals surface area (Å²) in [6.07, 6.45) is 4.80. The third-order valence-corrected chi connectivity index (χ3v) is 7.78. The summed E-state index contributed by atoms with van der Waals surface area (Å²) in [5.74, 6) is -1.02. The zero-order chi connectivity index (χ0) is 25.2. The van der Waals surface area contributed by atoms with Crippen molar-refractivity contribution >= 4 is 32.4 Å². The number of amides is 1. The quantitative estimate of drug-likeness (QED) is 0.272. The van der Waals surface area contributed by atoms with Crippen LogP contribution >= 0.6 is 11.3 Å². The zero-order valence-corrected chi connectivity index (χ0v) is 21.4. The first-order valence-electron chi connectivity index (χ1n) is 12.6. The second kappa shape index (κ2) is 10.6. The van der Waals surface area contributed by atoms with E-state index in [-0.39, 0.29) is 11.5 Å². The Kier molecular flexibility index (Phi) is 7.32. The van der Waals surface area contributed by atoms with Crippen molar-refractivity contribution < 1.29 is 13.6 Å². The molecule has 5 rings (SSSR count). The lowest BCUT2D eigenvalue weighted by molar-refractivity contribution is 0.0952. The summed E-state index contributed by atoms with van der Waals surface area (Å²) >= 11 is 1.42. The zero-order valence-electron chi connectivity index (χ0n) is 20.6. The van der Waals surface area contributed by atoms with Crippen molar-refractivity contribution in [2.45, 2.75) is 45.7 Å². The summed E-state index contributed by atoms with van der Waals surface area (Å²) < 4.78 is 32.3. The molecular formula is C27H31F2N5OS. The summed E-state index contributed by atoms with van der Waals surface area (Å²) in [6, 6.07) is 8.43. The number of aromatic nitrogens is 2. The summed E-state index contributed by atoms with van der Waals surface area (Å²) in [4.78, 5) is 20.2. The molecule has 0 saturated heterocycles. The van der Waals surface area contributed by atoms with E-state index in [0.29, 0.717) is 40.9 Å². The largest absolute Gasteiger partial charge is 0.352 e. The van der Waals surface area contributed by atoms with Gasteiger partial charge in [0.05, 0.1) is 15.9 Å². The molecule has 190 valence electrons. The Labute approximate surface area is 213 Å². The number of nitrogens with zero attached hydrogens (tertiary/aromatic N) is 3. The van der Waals surface area contributed by atoms with E-state index >= 15 is 0 Å². The van der Waals surface area contributed by atoms with Crippen molar-refractivity contribution in [2.75, 3.05) is 26.2 Å². The first-order valence-corrected chi connectivity index (χ1v) is 13.4. The van der Waals surface area contributed by atoms with E-state index in [4.69, 9.17) is 0 Å². The summed E-state index contributed by atoms with van der Waals surface area (Å²) in [7, 11) is 0. The first-order chi connectivity index (χ1) is 17.5. The Morgan fingerprint density at radius 2 is 1.97 bits per heavy atom.